The number of furan rings is 1. The normalized spacial score (nSPS) is 13.5. The number of hydrogen-bond donors (Lipinski definition) is 1. The van der Waals surface area contributed by atoms with Gasteiger partial charge in [0, 0.05) is 24.7 Å². The Morgan fingerprint density at radius 1 is 1.17 bits per heavy atom. The van der Waals surface area contributed by atoms with Crippen LogP contribution < -0.4 is 0 Å². The highest BCUT2D eigenvalue weighted by Gasteiger charge is 2.34. The first-order valence-electron chi connectivity index (χ1n) is 7.33. The minimum atomic E-state index is -1.23. The van der Waals surface area contributed by atoms with Crippen molar-refractivity contribution in [2.24, 2.45) is 0 Å². The summed E-state index contributed by atoms with van der Waals surface area (Å²) in [6.07, 6.45) is 1.73. The topological polar surface area (TPSA) is 114 Å². The fraction of sp³-hybridized carbons (Fsp3) is 0.250. The molecule has 24 heavy (non-hydrogen) atoms. The number of carbonyl (C=O) groups excluding carboxylic acids is 1. The van der Waals surface area contributed by atoms with E-state index in [-0.39, 0.29) is 35.7 Å². The molecule has 1 fully saturated rings. The number of carboxylic acid groups (broad SMARTS) is 1. The highest BCUT2D eigenvalue weighted by Crippen LogP contribution is 2.30. The molecule has 1 heterocycles. The maximum Gasteiger partial charge on any atom is 0.371 e. The van der Waals surface area contributed by atoms with E-state index in [0.29, 0.717) is 0 Å². The summed E-state index contributed by atoms with van der Waals surface area (Å²) in [6.45, 7) is 0.282. The van der Waals surface area contributed by atoms with E-state index in [2.05, 4.69) is 0 Å². The number of rotatable bonds is 6. The molecule has 1 aromatic heterocycles. The molecule has 0 saturated heterocycles. The van der Waals surface area contributed by atoms with Gasteiger partial charge in [0.25, 0.3) is 11.6 Å². The van der Waals surface area contributed by atoms with Crippen LogP contribution in [0.15, 0.2) is 40.8 Å². The predicted octanol–water partition coefficient (Wildman–Crippen LogP) is 2.69. The maximum absolute atomic E-state index is 12.6. The maximum atomic E-state index is 12.6. The molecule has 0 radical (unpaired) electrons. The second-order valence-electron chi connectivity index (χ2n) is 5.56. The van der Waals surface area contributed by atoms with Crippen molar-refractivity contribution in [3.8, 4) is 0 Å². The minimum Gasteiger partial charge on any atom is -0.475 e. The van der Waals surface area contributed by atoms with Crippen LogP contribution >= 0.6 is 0 Å². The molecule has 0 spiro atoms. The molecule has 0 aliphatic heterocycles. The first-order chi connectivity index (χ1) is 11.5. The van der Waals surface area contributed by atoms with Gasteiger partial charge >= 0.3 is 5.97 Å². The number of nitro benzene ring substituents is 1. The molecule has 2 aromatic rings. The van der Waals surface area contributed by atoms with Crippen molar-refractivity contribution in [1.82, 2.24) is 4.90 Å². The summed E-state index contributed by atoms with van der Waals surface area (Å²) in [6, 6.07) is 8.65. The fourth-order valence-electron chi connectivity index (χ4n) is 2.38. The van der Waals surface area contributed by atoms with E-state index in [9.17, 15) is 19.7 Å². The Kier molecular flexibility index (Phi) is 4.03. The molecular weight excluding hydrogens is 316 g/mol. The van der Waals surface area contributed by atoms with Crippen molar-refractivity contribution in [3.05, 3.63) is 63.6 Å². The van der Waals surface area contributed by atoms with E-state index >= 15 is 0 Å². The largest absolute Gasteiger partial charge is 0.475 e. The molecule has 8 nitrogen and oxygen atoms in total. The molecule has 0 bridgehead atoms. The van der Waals surface area contributed by atoms with Crippen molar-refractivity contribution >= 4 is 17.6 Å². The van der Waals surface area contributed by atoms with Crippen molar-refractivity contribution in [1.29, 1.82) is 0 Å². The van der Waals surface area contributed by atoms with Crippen molar-refractivity contribution in [2.45, 2.75) is 25.4 Å². The first kappa shape index (κ1) is 15.7. The molecule has 124 valence electrons. The molecule has 1 aliphatic rings. The van der Waals surface area contributed by atoms with Gasteiger partial charge in [0.05, 0.1) is 4.92 Å². The predicted molar refractivity (Wildman–Crippen MR) is 81.7 cm³/mol. The number of benzene rings is 1. The van der Waals surface area contributed by atoms with E-state index in [0.717, 1.165) is 18.4 Å². The van der Waals surface area contributed by atoms with Crippen molar-refractivity contribution in [2.75, 3.05) is 0 Å². The summed E-state index contributed by atoms with van der Waals surface area (Å²) in [4.78, 5) is 35.2. The lowest BCUT2D eigenvalue weighted by Crippen LogP contribution is -2.32. The van der Waals surface area contributed by atoms with E-state index in [1.807, 2.05) is 0 Å². The Bertz CT molecular complexity index is 791. The zero-order valence-electron chi connectivity index (χ0n) is 12.5. The Morgan fingerprint density at radius 3 is 2.29 bits per heavy atom. The van der Waals surface area contributed by atoms with Crippen molar-refractivity contribution < 1.29 is 24.0 Å². The second-order valence-corrected chi connectivity index (χ2v) is 5.56. The van der Waals surface area contributed by atoms with Gasteiger partial charge in [0.15, 0.2) is 5.76 Å². The average molecular weight is 330 g/mol. The van der Waals surface area contributed by atoms with Gasteiger partial charge in [-0.15, -0.1) is 0 Å². The van der Waals surface area contributed by atoms with Gasteiger partial charge in [-0.3, -0.25) is 14.9 Å². The highest BCUT2D eigenvalue weighted by atomic mass is 16.6. The summed E-state index contributed by atoms with van der Waals surface area (Å²) in [7, 11) is 0. The lowest BCUT2D eigenvalue weighted by molar-refractivity contribution is -0.384. The molecule has 1 amide bonds. The standard InChI is InChI=1S/C16H14N2O6/c19-15(13-7-8-14(24-13)16(20)21)17(11-5-6-11)9-10-1-3-12(4-2-10)18(22)23/h1-4,7-8,11H,5-6,9H2,(H,20,21). The number of carboxylic acids is 1. The molecule has 1 N–H and O–H groups in total. The molecule has 1 aliphatic carbocycles. The summed E-state index contributed by atoms with van der Waals surface area (Å²) in [5.74, 6) is -1.93. The van der Waals surface area contributed by atoms with Crippen LogP contribution in [0.25, 0.3) is 0 Å². The number of nitro groups is 1. The third kappa shape index (κ3) is 3.27. The molecule has 0 atom stereocenters. The van der Waals surface area contributed by atoms with Crippen LogP contribution in [0, 0.1) is 10.1 Å². The Hall–Kier alpha value is -3.16. The second kappa shape index (κ2) is 6.15. The van der Waals surface area contributed by atoms with Crippen LogP contribution in [-0.4, -0.2) is 32.8 Å². The zero-order chi connectivity index (χ0) is 17.3. The quantitative estimate of drug-likeness (QED) is 0.643. The Morgan fingerprint density at radius 2 is 1.79 bits per heavy atom. The van der Waals surface area contributed by atoms with Crippen LogP contribution in [0.2, 0.25) is 0 Å². The minimum absolute atomic E-state index is 0.0137. The van der Waals surface area contributed by atoms with Crippen LogP contribution in [0.3, 0.4) is 0 Å². The SMILES string of the molecule is O=C(O)c1ccc(C(=O)N(Cc2ccc([N+](=O)[O-])cc2)C2CC2)o1. The molecular formula is C16H14N2O6. The molecule has 8 heteroatoms. The van der Waals surface area contributed by atoms with Gasteiger partial charge in [-0.25, -0.2) is 4.79 Å². The highest BCUT2D eigenvalue weighted by molar-refractivity contribution is 5.93. The molecule has 1 saturated carbocycles. The summed E-state index contributed by atoms with van der Waals surface area (Å²) in [5.41, 5.74) is 0.742. The zero-order valence-corrected chi connectivity index (χ0v) is 12.5. The van der Waals surface area contributed by atoms with Gasteiger partial charge in [0.2, 0.25) is 5.76 Å². The number of non-ortho nitro benzene ring substituents is 1. The summed E-state index contributed by atoms with van der Waals surface area (Å²) < 4.78 is 5.07. The van der Waals surface area contributed by atoms with Gasteiger partial charge in [-0.05, 0) is 30.5 Å². The van der Waals surface area contributed by atoms with E-state index in [4.69, 9.17) is 9.52 Å². The lowest BCUT2D eigenvalue weighted by atomic mass is 10.2. The number of nitrogens with zero attached hydrogens (tertiary/aromatic N) is 2. The van der Waals surface area contributed by atoms with Crippen molar-refractivity contribution in [3.63, 3.8) is 0 Å². The van der Waals surface area contributed by atoms with Crippen LogP contribution in [0.1, 0.15) is 39.5 Å². The van der Waals surface area contributed by atoms with Gasteiger partial charge in [0.1, 0.15) is 0 Å². The van der Waals surface area contributed by atoms with Gasteiger partial charge < -0.3 is 14.4 Å². The Labute approximate surface area is 136 Å². The third-order valence-corrected chi connectivity index (χ3v) is 3.78. The number of hydrogen-bond acceptors (Lipinski definition) is 5. The summed E-state index contributed by atoms with van der Waals surface area (Å²) in [5, 5.41) is 19.6. The van der Waals surface area contributed by atoms with E-state index < -0.39 is 10.9 Å². The third-order valence-electron chi connectivity index (χ3n) is 3.78. The molecule has 3 rings (SSSR count). The number of carbonyl (C=O) groups is 2. The van der Waals surface area contributed by atoms with Crippen LogP contribution in [-0.2, 0) is 6.54 Å². The monoisotopic (exact) mass is 330 g/mol. The van der Waals surface area contributed by atoms with Gasteiger partial charge in [-0.1, -0.05) is 12.1 Å². The molecule has 1 aromatic carbocycles. The van der Waals surface area contributed by atoms with Crippen LogP contribution in [0.4, 0.5) is 5.69 Å². The number of amides is 1. The van der Waals surface area contributed by atoms with Crippen LogP contribution in [0.5, 0.6) is 0 Å². The summed E-state index contributed by atoms with van der Waals surface area (Å²) >= 11 is 0. The Balaban J connectivity index is 1.77. The molecule has 0 unspecified atom stereocenters. The fourth-order valence-corrected chi connectivity index (χ4v) is 2.38. The van der Waals surface area contributed by atoms with E-state index in [1.165, 1.54) is 24.3 Å². The number of aromatic carboxylic acids is 1. The first-order valence-corrected chi connectivity index (χ1v) is 7.33. The smallest absolute Gasteiger partial charge is 0.371 e. The van der Waals surface area contributed by atoms with Gasteiger partial charge in [-0.2, -0.15) is 0 Å². The van der Waals surface area contributed by atoms with E-state index in [1.54, 1.807) is 17.0 Å². The average Bonchev–Trinajstić information content (AvgIpc) is 3.27. The lowest BCUT2D eigenvalue weighted by Gasteiger charge is -2.21.